The largest absolute Gasteiger partial charge is 0.491 e. The summed E-state index contributed by atoms with van der Waals surface area (Å²) in [7, 11) is 0. The molecule has 3 heteroatoms. The normalized spacial score (nSPS) is 17.6. The number of halogens is 1. The van der Waals surface area contributed by atoms with Crippen LogP contribution < -0.4 is 10.5 Å². The molecule has 1 aromatic rings. The van der Waals surface area contributed by atoms with Crippen LogP contribution in [0, 0.1) is 5.92 Å². The Kier molecular flexibility index (Phi) is 5.97. The van der Waals surface area contributed by atoms with Crippen molar-refractivity contribution in [1.29, 1.82) is 0 Å². The highest BCUT2D eigenvalue weighted by Crippen LogP contribution is 2.34. The molecule has 0 amide bonds. The van der Waals surface area contributed by atoms with Gasteiger partial charge in [0.05, 0.1) is 6.10 Å². The van der Waals surface area contributed by atoms with Gasteiger partial charge in [0, 0.05) is 6.04 Å². The molecule has 0 aliphatic heterocycles. The molecule has 1 aliphatic carbocycles. The van der Waals surface area contributed by atoms with E-state index in [1.165, 1.54) is 31.2 Å². The highest BCUT2D eigenvalue weighted by atomic mass is 35.5. The smallest absolute Gasteiger partial charge is 0.119 e. The molecular formula is C15H24ClNO. The van der Waals surface area contributed by atoms with Crippen molar-refractivity contribution in [3.63, 3.8) is 0 Å². The van der Waals surface area contributed by atoms with Crippen molar-refractivity contribution in [1.82, 2.24) is 0 Å². The Bertz CT molecular complexity index is 344. The maximum Gasteiger partial charge on any atom is 0.119 e. The van der Waals surface area contributed by atoms with Crippen LogP contribution in [0.25, 0.3) is 0 Å². The molecule has 0 unspecified atom stereocenters. The summed E-state index contributed by atoms with van der Waals surface area (Å²) in [5, 5.41) is 0. The molecule has 2 N–H and O–H groups in total. The second kappa shape index (κ2) is 7.01. The SMILES string of the molecule is CC(C)Oc1ccc([C@H](N)C2CCCC2)cc1.Cl. The summed E-state index contributed by atoms with van der Waals surface area (Å²) in [5.74, 6) is 1.61. The van der Waals surface area contributed by atoms with E-state index in [9.17, 15) is 0 Å². The van der Waals surface area contributed by atoms with Crippen LogP contribution in [0.15, 0.2) is 24.3 Å². The Morgan fingerprint density at radius 3 is 2.17 bits per heavy atom. The number of nitrogens with two attached hydrogens (primary N) is 1. The highest BCUT2D eigenvalue weighted by Gasteiger charge is 2.23. The van der Waals surface area contributed by atoms with Crippen LogP contribution >= 0.6 is 12.4 Å². The first-order chi connectivity index (χ1) is 8.16. The molecule has 1 aromatic carbocycles. The van der Waals surface area contributed by atoms with Crippen LogP contribution in [0.1, 0.15) is 51.1 Å². The van der Waals surface area contributed by atoms with E-state index < -0.39 is 0 Å². The molecule has 1 saturated carbocycles. The van der Waals surface area contributed by atoms with Gasteiger partial charge in [0.2, 0.25) is 0 Å². The van der Waals surface area contributed by atoms with E-state index >= 15 is 0 Å². The second-order valence-electron chi connectivity index (χ2n) is 5.31. The lowest BCUT2D eigenvalue weighted by atomic mass is 9.92. The minimum absolute atomic E-state index is 0. The molecule has 0 spiro atoms. The average Bonchev–Trinajstić information content (AvgIpc) is 2.82. The molecule has 18 heavy (non-hydrogen) atoms. The zero-order chi connectivity index (χ0) is 12.3. The van der Waals surface area contributed by atoms with Crippen LogP contribution in [-0.4, -0.2) is 6.10 Å². The number of benzene rings is 1. The van der Waals surface area contributed by atoms with Gasteiger partial charge >= 0.3 is 0 Å². The minimum Gasteiger partial charge on any atom is -0.491 e. The van der Waals surface area contributed by atoms with E-state index in [0.717, 1.165) is 5.75 Å². The van der Waals surface area contributed by atoms with Crippen molar-refractivity contribution < 1.29 is 4.74 Å². The van der Waals surface area contributed by atoms with Gasteiger partial charge in [-0.1, -0.05) is 25.0 Å². The summed E-state index contributed by atoms with van der Waals surface area (Å²) in [5.41, 5.74) is 7.55. The van der Waals surface area contributed by atoms with E-state index in [0.29, 0.717) is 5.92 Å². The van der Waals surface area contributed by atoms with Gasteiger partial charge in [-0.25, -0.2) is 0 Å². The summed E-state index contributed by atoms with van der Waals surface area (Å²) < 4.78 is 5.63. The van der Waals surface area contributed by atoms with Crippen LogP contribution in [0.3, 0.4) is 0 Å². The number of hydrogen-bond acceptors (Lipinski definition) is 2. The molecule has 102 valence electrons. The van der Waals surface area contributed by atoms with Crippen LogP contribution in [0.5, 0.6) is 5.75 Å². The third-order valence-corrected chi connectivity index (χ3v) is 3.54. The van der Waals surface area contributed by atoms with Gasteiger partial charge in [0.15, 0.2) is 0 Å². The van der Waals surface area contributed by atoms with Crippen molar-refractivity contribution in [2.45, 2.75) is 51.7 Å². The summed E-state index contributed by atoms with van der Waals surface area (Å²) in [6.45, 7) is 4.08. The van der Waals surface area contributed by atoms with Gasteiger partial charge in [-0.2, -0.15) is 0 Å². The predicted molar refractivity (Wildman–Crippen MR) is 78.3 cm³/mol. The molecule has 0 aromatic heterocycles. The Morgan fingerprint density at radius 1 is 1.11 bits per heavy atom. The standard InChI is InChI=1S/C15H23NO.ClH/c1-11(2)17-14-9-7-13(8-10-14)15(16)12-5-3-4-6-12;/h7-12,15H,3-6,16H2,1-2H3;1H/t15-;/m1./s1. The third kappa shape index (κ3) is 3.89. The highest BCUT2D eigenvalue weighted by molar-refractivity contribution is 5.85. The Morgan fingerprint density at radius 2 is 1.67 bits per heavy atom. The van der Waals surface area contributed by atoms with Gasteiger partial charge in [0.1, 0.15) is 5.75 Å². The van der Waals surface area contributed by atoms with Crippen LogP contribution in [-0.2, 0) is 0 Å². The fourth-order valence-corrected chi connectivity index (χ4v) is 2.63. The fourth-order valence-electron chi connectivity index (χ4n) is 2.63. The summed E-state index contributed by atoms with van der Waals surface area (Å²) in [6, 6.07) is 8.49. The van der Waals surface area contributed by atoms with E-state index in [-0.39, 0.29) is 24.6 Å². The summed E-state index contributed by atoms with van der Waals surface area (Å²) >= 11 is 0. The first kappa shape index (κ1) is 15.3. The molecule has 1 atom stereocenters. The molecule has 0 heterocycles. The first-order valence-electron chi connectivity index (χ1n) is 6.69. The lowest BCUT2D eigenvalue weighted by molar-refractivity contribution is 0.242. The van der Waals surface area contributed by atoms with Crippen LogP contribution in [0.4, 0.5) is 0 Å². The monoisotopic (exact) mass is 269 g/mol. The van der Waals surface area contributed by atoms with Crippen molar-refractivity contribution in [3.05, 3.63) is 29.8 Å². The molecule has 1 aliphatic rings. The zero-order valence-corrected chi connectivity index (χ0v) is 12.1. The second-order valence-corrected chi connectivity index (χ2v) is 5.31. The molecule has 0 radical (unpaired) electrons. The minimum atomic E-state index is 0. The van der Waals surface area contributed by atoms with Crippen molar-refractivity contribution >= 4 is 12.4 Å². The summed E-state index contributed by atoms with van der Waals surface area (Å²) in [6.07, 6.45) is 5.47. The predicted octanol–water partition coefficient (Wildman–Crippen LogP) is 4.09. The maximum absolute atomic E-state index is 6.31. The molecule has 1 fully saturated rings. The van der Waals surface area contributed by atoms with Crippen molar-refractivity contribution in [2.75, 3.05) is 0 Å². The van der Waals surface area contributed by atoms with Gasteiger partial charge < -0.3 is 10.5 Å². The Hall–Kier alpha value is -0.730. The van der Waals surface area contributed by atoms with Gasteiger partial charge in [-0.05, 0) is 50.3 Å². The zero-order valence-electron chi connectivity index (χ0n) is 11.3. The molecule has 2 nitrogen and oxygen atoms in total. The average molecular weight is 270 g/mol. The number of ether oxygens (including phenoxy) is 1. The first-order valence-corrected chi connectivity index (χ1v) is 6.69. The molecule has 0 bridgehead atoms. The van der Waals surface area contributed by atoms with Gasteiger partial charge in [-0.15, -0.1) is 12.4 Å². The van der Waals surface area contributed by atoms with Gasteiger partial charge in [-0.3, -0.25) is 0 Å². The lowest BCUT2D eigenvalue weighted by Crippen LogP contribution is -2.19. The van der Waals surface area contributed by atoms with E-state index in [4.69, 9.17) is 10.5 Å². The lowest BCUT2D eigenvalue weighted by Gasteiger charge is -2.19. The van der Waals surface area contributed by atoms with E-state index in [1.54, 1.807) is 0 Å². The Labute approximate surface area is 116 Å². The number of hydrogen-bond donors (Lipinski definition) is 1. The third-order valence-electron chi connectivity index (χ3n) is 3.54. The van der Waals surface area contributed by atoms with E-state index in [1.807, 2.05) is 26.0 Å². The summed E-state index contributed by atoms with van der Waals surface area (Å²) in [4.78, 5) is 0. The molecular weight excluding hydrogens is 246 g/mol. The molecule has 0 saturated heterocycles. The fraction of sp³-hybridized carbons (Fsp3) is 0.600. The number of rotatable bonds is 4. The molecule has 2 rings (SSSR count). The van der Waals surface area contributed by atoms with Crippen LogP contribution in [0.2, 0.25) is 0 Å². The van der Waals surface area contributed by atoms with Crippen molar-refractivity contribution in [3.8, 4) is 5.75 Å². The van der Waals surface area contributed by atoms with E-state index in [2.05, 4.69) is 12.1 Å². The van der Waals surface area contributed by atoms with Crippen molar-refractivity contribution in [2.24, 2.45) is 11.7 Å². The topological polar surface area (TPSA) is 35.2 Å². The quantitative estimate of drug-likeness (QED) is 0.894. The Balaban J connectivity index is 0.00000162. The van der Waals surface area contributed by atoms with Gasteiger partial charge in [0.25, 0.3) is 0 Å². The maximum atomic E-state index is 6.31.